The monoisotopic (exact) mass is 272 g/mol. The average Bonchev–Trinajstić information content (AvgIpc) is 2.41. The quantitative estimate of drug-likeness (QED) is 0.914. The molecule has 1 aliphatic rings. The fourth-order valence-electron chi connectivity index (χ4n) is 2.77. The van der Waals surface area contributed by atoms with E-state index in [4.69, 9.17) is 5.11 Å². The molecule has 2 rings (SSSR count). The highest BCUT2D eigenvalue weighted by Gasteiger charge is 2.30. The van der Waals surface area contributed by atoms with Gasteiger partial charge < -0.3 is 5.11 Å². The standard InChI is InChI=1S/C16H20N2O2/c1-16(11-17)7-2-8-18(12-16)10-14-5-3-13(4-6-14)9-15(19)20/h3-6H,2,7-10,12H2,1H3,(H,19,20)/t16-/m0/s1. The number of nitriles is 1. The van der Waals surface area contributed by atoms with E-state index in [1.54, 1.807) is 0 Å². The van der Waals surface area contributed by atoms with Gasteiger partial charge in [-0.05, 0) is 37.4 Å². The van der Waals surface area contributed by atoms with Gasteiger partial charge in [-0.1, -0.05) is 24.3 Å². The largest absolute Gasteiger partial charge is 0.481 e. The Kier molecular flexibility index (Phi) is 4.41. The van der Waals surface area contributed by atoms with Crippen LogP contribution in [0.15, 0.2) is 24.3 Å². The molecule has 1 heterocycles. The Balaban J connectivity index is 1.96. The third-order valence-corrected chi connectivity index (χ3v) is 3.83. The molecule has 1 aromatic rings. The minimum absolute atomic E-state index is 0.0660. The summed E-state index contributed by atoms with van der Waals surface area (Å²) in [4.78, 5) is 12.9. The highest BCUT2D eigenvalue weighted by atomic mass is 16.4. The fraction of sp³-hybridized carbons (Fsp3) is 0.500. The van der Waals surface area contributed by atoms with Gasteiger partial charge in [0.05, 0.1) is 17.9 Å². The van der Waals surface area contributed by atoms with E-state index in [0.717, 1.165) is 38.0 Å². The number of piperidine rings is 1. The number of aliphatic carboxylic acids is 1. The SMILES string of the molecule is C[C@@]1(C#N)CCCN(Cc2ccc(CC(=O)O)cc2)C1. The van der Waals surface area contributed by atoms with Crippen molar-refractivity contribution < 1.29 is 9.90 Å². The summed E-state index contributed by atoms with van der Waals surface area (Å²) in [6.07, 6.45) is 2.09. The highest BCUT2D eigenvalue weighted by Crippen LogP contribution is 2.29. The normalized spacial score (nSPS) is 23.2. The summed E-state index contributed by atoms with van der Waals surface area (Å²) in [5.41, 5.74) is 1.75. The number of hydrogen-bond acceptors (Lipinski definition) is 3. The van der Waals surface area contributed by atoms with Gasteiger partial charge in [0.2, 0.25) is 0 Å². The summed E-state index contributed by atoms with van der Waals surface area (Å²) >= 11 is 0. The van der Waals surface area contributed by atoms with Crippen molar-refractivity contribution in [3.8, 4) is 6.07 Å². The van der Waals surface area contributed by atoms with Gasteiger partial charge >= 0.3 is 5.97 Å². The van der Waals surface area contributed by atoms with E-state index in [1.165, 1.54) is 5.56 Å². The van der Waals surface area contributed by atoms with Crippen molar-refractivity contribution in [2.75, 3.05) is 13.1 Å². The van der Waals surface area contributed by atoms with E-state index < -0.39 is 5.97 Å². The van der Waals surface area contributed by atoms with Gasteiger partial charge in [-0.25, -0.2) is 0 Å². The zero-order valence-electron chi connectivity index (χ0n) is 11.8. The number of hydrogen-bond donors (Lipinski definition) is 1. The first-order chi connectivity index (χ1) is 9.50. The van der Waals surface area contributed by atoms with Crippen molar-refractivity contribution in [1.29, 1.82) is 5.26 Å². The van der Waals surface area contributed by atoms with Crippen molar-refractivity contribution in [3.05, 3.63) is 35.4 Å². The van der Waals surface area contributed by atoms with Gasteiger partial charge in [-0.3, -0.25) is 9.69 Å². The van der Waals surface area contributed by atoms with Crippen LogP contribution >= 0.6 is 0 Å². The van der Waals surface area contributed by atoms with Crippen LogP contribution in [0, 0.1) is 16.7 Å². The Morgan fingerprint density at radius 2 is 2.05 bits per heavy atom. The number of benzene rings is 1. The summed E-state index contributed by atoms with van der Waals surface area (Å²) in [5, 5.41) is 18.0. The number of carboxylic acids is 1. The third-order valence-electron chi connectivity index (χ3n) is 3.83. The molecular formula is C16H20N2O2. The molecule has 4 nitrogen and oxygen atoms in total. The first-order valence-corrected chi connectivity index (χ1v) is 6.94. The maximum atomic E-state index is 10.6. The molecule has 1 fully saturated rings. The molecule has 0 aliphatic carbocycles. The minimum Gasteiger partial charge on any atom is -0.481 e. The molecule has 4 heteroatoms. The van der Waals surface area contributed by atoms with Gasteiger partial charge in [-0.15, -0.1) is 0 Å². The lowest BCUT2D eigenvalue weighted by atomic mass is 9.83. The van der Waals surface area contributed by atoms with Crippen LogP contribution in [0.2, 0.25) is 0 Å². The lowest BCUT2D eigenvalue weighted by Crippen LogP contribution is -2.40. The lowest BCUT2D eigenvalue weighted by Gasteiger charge is -2.35. The lowest BCUT2D eigenvalue weighted by molar-refractivity contribution is -0.136. The number of carboxylic acid groups (broad SMARTS) is 1. The van der Waals surface area contributed by atoms with Crippen molar-refractivity contribution >= 4 is 5.97 Å². The second-order valence-electron chi connectivity index (χ2n) is 5.87. The first-order valence-electron chi connectivity index (χ1n) is 6.94. The summed E-state index contributed by atoms with van der Waals surface area (Å²) < 4.78 is 0. The summed E-state index contributed by atoms with van der Waals surface area (Å²) in [6, 6.07) is 10.1. The van der Waals surface area contributed by atoms with E-state index in [9.17, 15) is 10.1 Å². The van der Waals surface area contributed by atoms with Crippen molar-refractivity contribution in [2.45, 2.75) is 32.7 Å². The predicted molar refractivity (Wildman–Crippen MR) is 76.0 cm³/mol. The van der Waals surface area contributed by atoms with Crippen LogP contribution in [-0.4, -0.2) is 29.1 Å². The smallest absolute Gasteiger partial charge is 0.307 e. The van der Waals surface area contributed by atoms with Crippen molar-refractivity contribution in [3.63, 3.8) is 0 Å². The zero-order chi connectivity index (χ0) is 14.6. The Hall–Kier alpha value is -1.86. The van der Waals surface area contributed by atoms with Crippen LogP contribution in [0.25, 0.3) is 0 Å². The first kappa shape index (κ1) is 14.5. The molecule has 20 heavy (non-hydrogen) atoms. The van der Waals surface area contributed by atoms with Crippen LogP contribution in [0.4, 0.5) is 0 Å². The Bertz CT molecular complexity index is 518. The maximum Gasteiger partial charge on any atom is 0.307 e. The van der Waals surface area contributed by atoms with Crippen LogP contribution in [0.3, 0.4) is 0 Å². The highest BCUT2D eigenvalue weighted by molar-refractivity contribution is 5.70. The van der Waals surface area contributed by atoms with E-state index in [1.807, 2.05) is 31.2 Å². The molecular weight excluding hydrogens is 252 g/mol. The molecule has 0 radical (unpaired) electrons. The second kappa shape index (κ2) is 6.06. The van der Waals surface area contributed by atoms with Crippen molar-refractivity contribution in [1.82, 2.24) is 4.90 Å². The molecule has 0 spiro atoms. The van der Waals surface area contributed by atoms with Crippen LogP contribution in [0.1, 0.15) is 30.9 Å². The summed E-state index contributed by atoms with van der Waals surface area (Å²) in [6.45, 7) is 4.67. The second-order valence-corrected chi connectivity index (χ2v) is 5.87. The van der Waals surface area contributed by atoms with Crippen LogP contribution in [-0.2, 0) is 17.8 Å². The molecule has 0 aromatic heterocycles. The minimum atomic E-state index is -0.807. The molecule has 0 bridgehead atoms. The fourth-order valence-corrected chi connectivity index (χ4v) is 2.77. The molecule has 0 unspecified atom stereocenters. The van der Waals surface area contributed by atoms with E-state index in [-0.39, 0.29) is 11.8 Å². The van der Waals surface area contributed by atoms with Gasteiger partial charge in [0, 0.05) is 13.1 Å². The molecule has 1 saturated heterocycles. The molecule has 0 saturated carbocycles. The molecule has 1 aromatic carbocycles. The molecule has 106 valence electrons. The molecule has 1 aliphatic heterocycles. The Morgan fingerprint density at radius 3 is 2.65 bits per heavy atom. The average molecular weight is 272 g/mol. The number of rotatable bonds is 4. The predicted octanol–water partition coefficient (Wildman–Crippen LogP) is 2.44. The number of likely N-dealkylation sites (tertiary alicyclic amines) is 1. The zero-order valence-corrected chi connectivity index (χ0v) is 11.8. The Morgan fingerprint density at radius 1 is 1.40 bits per heavy atom. The van der Waals surface area contributed by atoms with Gasteiger partial charge in [0.1, 0.15) is 0 Å². The van der Waals surface area contributed by atoms with E-state index in [2.05, 4.69) is 11.0 Å². The maximum absolute atomic E-state index is 10.6. The summed E-state index contributed by atoms with van der Waals surface area (Å²) in [5.74, 6) is -0.807. The topological polar surface area (TPSA) is 64.3 Å². The van der Waals surface area contributed by atoms with Gasteiger partial charge in [0.15, 0.2) is 0 Å². The van der Waals surface area contributed by atoms with Crippen LogP contribution < -0.4 is 0 Å². The van der Waals surface area contributed by atoms with E-state index >= 15 is 0 Å². The molecule has 1 atom stereocenters. The number of nitrogens with zero attached hydrogens (tertiary/aromatic N) is 2. The number of carbonyl (C=O) groups is 1. The van der Waals surface area contributed by atoms with E-state index in [0.29, 0.717) is 0 Å². The molecule has 0 amide bonds. The third kappa shape index (κ3) is 3.82. The molecule has 1 N–H and O–H groups in total. The Labute approximate surface area is 119 Å². The van der Waals surface area contributed by atoms with Gasteiger partial charge in [0.25, 0.3) is 0 Å². The summed E-state index contributed by atoms with van der Waals surface area (Å²) in [7, 11) is 0. The van der Waals surface area contributed by atoms with Gasteiger partial charge in [-0.2, -0.15) is 5.26 Å². The van der Waals surface area contributed by atoms with Crippen molar-refractivity contribution in [2.24, 2.45) is 5.41 Å². The van der Waals surface area contributed by atoms with Crippen LogP contribution in [0.5, 0.6) is 0 Å².